The van der Waals surface area contributed by atoms with Gasteiger partial charge in [-0.2, -0.15) is 0 Å². The van der Waals surface area contributed by atoms with Crippen molar-refractivity contribution >= 4 is 23.4 Å². The summed E-state index contributed by atoms with van der Waals surface area (Å²) in [6.07, 6.45) is -0.606. The van der Waals surface area contributed by atoms with Gasteiger partial charge in [0.1, 0.15) is 0 Å². The number of halogens is 1. The number of hydrogen-bond donors (Lipinski definition) is 2. The van der Waals surface area contributed by atoms with Crippen molar-refractivity contribution in [1.29, 1.82) is 0 Å². The van der Waals surface area contributed by atoms with Crippen LogP contribution in [0.1, 0.15) is 25.5 Å². The van der Waals surface area contributed by atoms with Crippen LogP contribution in [0.5, 0.6) is 0 Å². The molecule has 0 spiro atoms. The van der Waals surface area contributed by atoms with Gasteiger partial charge in [0.25, 0.3) is 0 Å². The van der Waals surface area contributed by atoms with Crippen molar-refractivity contribution < 1.29 is 5.11 Å². The summed E-state index contributed by atoms with van der Waals surface area (Å²) in [7, 11) is 0. The summed E-state index contributed by atoms with van der Waals surface area (Å²) < 4.78 is 1.54. The van der Waals surface area contributed by atoms with Gasteiger partial charge in [-0.15, -0.1) is 5.10 Å². The lowest BCUT2D eigenvalue weighted by Crippen LogP contribution is -2.15. The van der Waals surface area contributed by atoms with E-state index in [2.05, 4.69) is 10.2 Å². The van der Waals surface area contributed by atoms with Gasteiger partial charge in [-0.05, 0) is 43.3 Å². The average Bonchev–Trinajstić information content (AvgIpc) is 2.69. The summed E-state index contributed by atoms with van der Waals surface area (Å²) in [5, 5.41) is 17.0. The van der Waals surface area contributed by atoms with E-state index in [4.69, 9.17) is 11.6 Å². The van der Waals surface area contributed by atoms with Crippen LogP contribution in [-0.2, 0) is 6.54 Å². The lowest BCUT2D eigenvalue weighted by Gasteiger charge is -2.09. The van der Waals surface area contributed by atoms with Gasteiger partial charge in [-0.1, -0.05) is 17.7 Å². The van der Waals surface area contributed by atoms with E-state index in [0.717, 1.165) is 4.90 Å². The zero-order valence-corrected chi connectivity index (χ0v) is 12.1. The molecule has 0 bridgehead atoms. The second-order valence-electron chi connectivity index (χ2n) is 4.02. The number of nitrogens with one attached hydrogen (secondary N) is 1. The number of rotatable bonds is 4. The lowest BCUT2D eigenvalue weighted by atomic mass is 10.1. The molecular weight excluding hydrogens is 286 g/mol. The molecule has 19 heavy (non-hydrogen) atoms. The Labute approximate surface area is 119 Å². The maximum absolute atomic E-state index is 11.4. The van der Waals surface area contributed by atoms with E-state index in [1.54, 1.807) is 23.6 Å². The Morgan fingerprint density at radius 3 is 2.89 bits per heavy atom. The molecular formula is C12H14ClN3O2S. The Morgan fingerprint density at radius 2 is 2.32 bits per heavy atom. The standard InChI is InChI=1S/C12H14ClN3O2S/c1-3-16-11(18)14-15-12(16)19-8-4-5-9(7(2)17)10(13)6-8/h4-7,17H,3H2,1-2H3,(H,14,18). The maximum atomic E-state index is 11.4. The van der Waals surface area contributed by atoms with E-state index < -0.39 is 6.10 Å². The molecule has 0 radical (unpaired) electrons. The number of aromatic nitrogens is 3. The van der Waals surface area contributed by atoms with Crippen LogP contribution in [0.25, 0.3) is 0 Å². The quantitative estimate of drug-likeness (QED) is 0.910. The van der Waals surface area contributed by atoms with Crippen LogP contribution < -0.4 is 5.69 Å². The molecule has 0 amide bonds. The second-order valence-corrected chi connectivity index (χ2v) is 5.46. The molecule has 2 N–H and O–H groups in total. The highest BCUT2D eigenvalue weighted by atomic mass is 35.5. The van der Waals surface area contributed by atoms with Crippen molar-refractivity contribution in [3.63, 3.8) is 0 Å². The molecule has 7 heteroatoms. The van der Waals surface area contributed by atoms with Gasteiger partial charge in [-0.25, -0.2) is 9.89 Å². The van der Waals surface area contributed by atoms with E-state index in [1.165, 1.54) is 11.8 Å². The topological polar surface area (TPSA) is 70.9 Å². The average molecular weight is 300 g/mol. The van der Waals surface area contributed by atoms with Crippen LogP contribution in [0.15, 0.2) is 33.0 Å². The molecule has 1 atom stereocenters. The van der Waals surface area contributed by atoms with Gasteiger partial charge >= 0.3 is 5.69 Å². The summed E-state index contributed by atoms with van der Waals surface area (Å²) in [5.74, 6) is 0. The predicted octanol–water partition coefficient (Wildman–Crippen LogP) is 2.45. The lowest BCUT2D eigenvalue weighted by molar-refractivity contribution is 0.199. The summed E-state index contributed by atoms with van der Waals surface area (Å²) in [6.45, 7) is 4.10. The van der Waals surface area contributed by atoms with Crippen molar-refractivity contribution in [3.8, 4) is 0 Å². The molecule has 1 heterocycles. The number of nitrogens with zero attached hydrogens (tertiary/aromatic N) is 2. The van der Waals surface area contributed by atoms with Crippen LogP contribution in [0.2, 0.25) is 5.02 Å². The number of H-pyrrole nitrogens is 1. The number of aromatic amines is 1. The van der Waals surface area contributed by atoms with Gasteiger partial charge in [-0.3, -0.25) is 4.57 Å². The minimum absolute atomic E-state index is 0.225. The fourth-order valence-electron chi connectivity index (χ4n) is 1.68. The van der Waals surface area contributed by atoms with Crippen molar-refractivity contribution in [2.24, 2.45) is 0 Å². The molecule has 1 aromatic heterocycles. The van der Waals surface area contributed by atoms with Crippen molar-refractivity contribution in [1.82, 2.24) is 14.8 Å². The molecule has 0 saturated carbocycles. The highest BCUT2D eigenvalue weighted by Gasteiger charge is 2.11. The van der Waals surface area contributed by atoms with Gasteiger partial charge in [0.2, 0.25) is 0 Å². The first-order chi connectivity index (χ1) is 9.02. The summed E-state index contributed by atoms with van der Waals surface area (Å²) in [6, 6.07) is 5.38. The van der Waals surface area contributed by atoms with Gasteiger partial charge in [0.15, 0.2) is 5.16 Å². The van der Waals surface area contributed by atoms with Crippen LogP contribution in [0, 0.1) is 0 Å². The molecule has 1 unspecified atom stereocenters. The van der Waals surface area contributed by atoms with Crippen LogP contribution in [0.3, 0.4) is 0 Å². The molecule has 2 rings (SSSR count). The Balaban J connectivity index is 2.29. The van der Waals surface area contributed by atoms with Crippen molar-refractivity contribution in [2.75, 3.05) is 0 Å². The largest absolute Gasteiger partial charge is 0.389 e. The normalized spacial score (nSPS) is 12.6. The predicted molar refractivity (Wildman–Crippen MR) is 74.7 cm³/mol. The van der Waals surface area contributed by atoms with Crippen LogP contribution in [0.4, 0.5) is 0 Å². The summed E-state index contributed by atoms with van der Waals surface area (Å²) >= 11 is 7.45. The third-order valence-electron chi connectivity index (χ3n) is 2.67. The SMILES string of the molecule is CCn1c(Sc2ccc(C(C)O)c(Cl)c2)n[nH]c1=O. The van der Waals surface area contributed by atoms with Gasteiger partial charge < -0.3 is 5.11 Å². The van der Waals surface area contributed by atoms with Crippen LogP contribution in [-0.4, -0.2) is 19.9 Å². The first-order valence-corrected chi connectivity index (χ1v) is 7.03. The Kier molecular flexibility index (Phi) is 4.34. The minimum atomic E-state index is -0.606. The summed E-state index contributed by atoms with van der Waals surface area (Å²) in [5.41, 5.74) is 0.456. The first-order valence-electron chi connectivity index (χ1n) is 5.83. The monoisotopic (exact) mass is 299 g/mol. The molecule has 0 aliphatic heterocycles. The van der Waals surface area contributed by atoms with Crippen LogP contribution >= 0.6 is 23.4 Å². The van der Waals surface area contributed by atoms with E-state index >= 15 is 0 Å². The Morgan fingerprint density at radius 1 is 1.58 bits per heavy atom. The minimum Gasteiger partial charge on any atom is -0.389 e. The number of aliphatic hydroxyl groups excluding tert-OH is 1. The van der Waals surface area contributed by atoms with Crippen molar-refractivity contribution in [3.05, 3.63) is 39.3 Å². The second kappa shape index (κ2) is 5.81. The van der Waals surface area contributed by atoms with Gasteiger partial charge in [0.05, 0.1) is 6.10 Å². The first kappa shape index (κ1) is 14.2. The fraction of sp³-hybridized carbons (Fsp3) is 0.333. The number of benzene rings is 1. The molecule has 2 aromatic rings. The van der Waals surface area contributed by atoms with Crippen molar-refractivity contribution in [2.45, 2.75) is 36.5 Å². The Bertz CT molecular complexity index is 636. The third kappa shape index (κ3) is 3.02. The Hall–Kier alpha value is -1.24. The molecule has 1 aromatic carbocycles. The van der Waals surface area contributed by atoms with E-state index in [-0.39, 0.29) is 5.69 Å². The zero-order valence-electron chi connectivity index (χ0n) is 10.6. The molecule has 0 aliphatic carbocycles. The number of hydrogen-bond acceptors (Lipinski definition) is 4. The highest BCUT2D eigenvalue weighted by molar-refractivity contribution is 7.99. The summed E-state index contributed by atoms with van der Waals surface area (Å²) in [4.78, 5) is 12.3. The van der Waals surface area contributed by atoms with E-state index in [9.17, 15) is 9.90 Å². The molecule has 5 nitrogen and oxygen atoms in total. The van der Waals surface area contributed by atoms with E-state index in [0.29, 0.717) is 22.3 Å². The molecule has 0 aliphatic rings. The molecule has 102 valence electrons. The van der Waals surface area contributed by atoms with Gasteiger partial charge in [0, 0.05) is 16.5 Å². The smallest absolute Gasteiger partial charge is 0.343 e. The van der Waals surface area contributed by atoms with E-state index in [1.807, 2.05) is 13.0 Å². The number of aliphatic hydroxyl groups is 1. The zero-order chi connectivity index (χ0) is 14.0. The fourth-order valence-corrected chi connectivity index (χ4v) is 3.02. The third-order valence-corrected chi connectivity index (χ3v) is 3.98. The highest BCUT2D eigenvalue weighted by Crippen LogP contribution is 2.31. The maximum Gasteiger partial charge on any atom is 0.343 e. The molecule has 0 fully saturated rings. The molecule has 0 saturated heterocycles.